The second kappa shape index (κ2) is 6.46. The van der Waals surface area contributed by atoms with Crippen LogP contribution in [0, 0.1) is 5.92 Å². The second-order valence-electron chi connectivity index (χ2n) is 7.12. The van der Waals surface area contributed by atoms with Crippen molar-refractivity contribution in [3.05, 3.63) is 46.0 Å². The van der Waals surface area contributed by atoms with Crippen molar-refractivity contribution in [3.63, 3.8) is 0 Å². The van der Waals surface area contributed by atoms with Gasteiger partial charge >= 0.3 is 0 Å². The van der Waals surface area contributed by atoms with E-state index in [-0.39, 0.29) is 22.9 Å². The molecule has 2 aromatic rings. The molecule has 7 heteroatoms. The number of hydrogen-bond donors (Lipinski definition) is 0. The van der Waals surface area contributed by atoms with Gasteiger partial charge in [-0.2, -0.15) is 4.98 Å². The summed E-state index contributed by atoms with van der Waals surface area (Å²) in [5, 5.41) is 4.06. The molecule has 3 heterocycles. The highest BCUT2D eigenvalue weighted by Crippen LogP contribution is 2.38. The molecule has 1 aliphatic heterocycles. The van der Waals surface area contributed by atoms with Crippen molar-refractivity contribution >= 4 is 5.91 Å². The normalized spacial score (nSPS) is 20.7. The smallest absolute Gasteiger partial charge is 0.263 e. The summed E-state index contributed by atoms with van der Waals surface area (Å²) in [4.78, 5) is 31.2. The molecular weight excluding hydrogens is 320 g/mol. The molecule has 1 saturated heterocycles. The Kier molecular flexibility index (Phi) is 4.15. The van der Waals surface area contributed by atoms with Gasteiger partial charge in [0.05, 0.1) is 0 Å². The number of amides is 1. The van der Waals surface area contributed by atoms with Crippen molar-refractivity contribution in [1.82, 2.24) is 19.6 Å². The molecule has 0 radical (unpaired) electrons. The van der Waals surface area contributed by atoms with Crippen LogP contribution in [0.15, 0.2) is 27.6 Å². The van der Waals surface area contributed by atoms with Crippen LogP contribution in [0.25, 0.3) is 0 Å². The minimum absolute atomic E-state index is 0.185. The Labute approximate surface area is 145 Å². The van der Waals surface area contributed by atoms with E-state index >= 15 is 0 Å². The van der Waals surface area contributed by atoms with E-state index in [1.54, 1.807) is 30.3 Å². The molecule has 0 bridgehead atoms. The average molecular weight is 342 g/mol. The fourth-order valence-electron chi connectivity index (χ4n) is 3.45. The molecule has 25 heavy (non-hydrogen) atoms. The molecule has 0 aromatic carbocycles. The number of likely N-dealkylation sites (tertiary alicyclic amines) is 1. The number of piperidine rings is 1. The zero-order chi connectivity index (χ0) is 17.4. The number of nitrogens with zero attached hydrogens (tertiary/aromatic N) is 4. The molecule has 7 nitrogen and oxygen atoms in total. The van der Waals surface area contributed by atoms with Gasteiger partial charge in [-0.3, -0.25) is 9.59 Å². The van der Waals surface area contributed by atoms with Crippen LogP contribution in [-0.2, 0) is 13.5 Å². The third-order valence-electron chi connectivity index (χ3n) is 5.05. The van der Waals surface area contributed by atoms with Crippen LogP contribution in [0.4, 0.5) is 0 Å². The molecule has 1 atom stereocenters. The van der Waals surface area contributed by atoms with E-state index in [0.717, 1.165) is 31.5 Å². The van der Waals surface area contributed by atoms with Crippen molar-refractivity contribution in [3.8, 4) is 0 Å². The Morgan fingerprint density at radius 3 is 3.00 bits per heavy atom. The van der Waals surface area contributed by atoms with Crippen LogP contribution in [0.1, 0.15) is 53.7 Å². The molecule has 2 aliphatic rings. The topological polar surface area (TPSA) is 81.2 Å². The molecule has 1 aliphatic carbocycles. The van der Waals surface area contributed by atoms with Crippen LogP contribution < -0.4 is 5.56 Å². The third kappa shape index (κ3) is 3.36. The maximum absolute atomic E-state index is 12.7. The molecule has 132 valence electrons. The van der Waals surface area contributed by atoms with E-state index < -0.39 is 0 Å². The highest BCUT2D eigenvalue weighted by atomic mass is 16.5. The molecular formula is C18H22N4O3. The molecule has 0 N–H and O–H groups in total. The van der Waals surface area contributed by atoms with Gasteiger partial charge in [-0.25, -0.2) is 0 Å². The van der Waals surface area contributed by atoms with Crippen LogP contribution in [0.2, 0.25) is 0 Å². The van der Waals surface area contributed by atoms with Crippen molar-refractivity contribution in [2.45, 2.75) is 38.0 Å². The summed E-state index contributed by atoms with van der Waals surface area (Å²) < 4.78 is 6.80. The lowest BCUT2D eigenvalue weighted by Crippen LogP contribution is -2.42. The Hall–Kier alpha value is -2.44. The molecule has 4 rings (SSSR count). The zero-order valence-electron chi connectivity index (χ0n) is 14.4. The maximum atomic E-state index is 12.7. The van der Waals surface area contributed by atoms with Crippen molar-refractivity contribution in [2.75, 3.05) is 13.1 Å². The number of carbonyl (C=O) groups is 1. The van der Waals surface area contributed by atoms with Crippen molar-refractivity contribution in [2.24, 2.45) is 13.0 Å². The third-order valence-corrected chi connectivity index (χ3v) is 5.05. The molecule has 1 amide bonds. The zero-order valence-corrected chi connectivity index (χ0v) is 14.4. The van der Waals surface area contributed by atoms with Gasteiger partial charge in [0.15, 0.2) is 5.82 Å². The summed E-state index contributed by atoms with van der Waals surface area (Å²) in [6.45, 7) is 1.31. The first kappa shape index (κ1) is 16.1. The minimum atomic E-state index is -0.249. The maximum Gasteiger partial charge on any atom is 0.263 e. The Morgan fingerprint density at radius 1 is 1.36 bits per heavy atom. The first-order valence-electron chi connectivity index (χ1n) is 8.89. The number of aromatic nitrogens is 3. The quantitative estimate of drug-likeness (QED) is 0.845. The molecule has 0 unspecified atom stereocenters. The first-order chi connectivity index (χ1) is 12.1. The van der Waals surface area contributed by atoms with Gasteiger partial charge in [-0.05, 0) is 43.7 Å². The van der Waals surface area contributed by atoms with Gasteiger partial charge in [-0.15, -0.1) is 0 Å². The monoisotopic (exact) mass is 342 g/mol. The van der Waals surface area contributed by atoms with Crippen molar-refractivity contribution in [1.29, 1.82) is 0 Å². The fourth-order valence-corrected chi connectivity index (χ4v) is 3.45. The van der Waals surface area contributed by atoms with E-state index in [1.165, 1.54) is 4.57 Å². The van der Waals surface area contributed by atoms with Gasteiger partial charge in [0, 0.05) is 38.7 Å². The van der Waals surface area contributed by atoms with Gasteiger partial charge in [0.25, 0.3) is 11.5 Å². The predicted octanol–water partition coefficient (Wildman–Crippen LogP) is 1.74. The van der Waals surface area contributed by atoms with Crippen molar-refractivity contribution < 1.29 is 9.32 Å². The molecule has 0 spiro atoms. The van der Waals surface area contributed by atoms with E-state index in [0.29, 0.717) is 31.3 Å². The lowest BCUT2D eigenvalue weighted by atomic mass is 9.94. The first-order valence-corrected chi connectivity index (χ1v) is 8.89. The number of aryl methyl sites for hydroxylation is 1. The minimum Gasteiger partial charge on any atom is -0.339 e. The largest absolute Gasteiger partial charge is 0.339 e. The number of rotatable bonds is 4. The number of carbonyl (C=O) groups excluding carboxylic acids is 1. The Balaban J connectivity index is 1.43. The summed E-state index contributed by atoms with van der Waals surface area (Å²) in [7, 11) is 1.66. The highest BCUT2D eigenvalue weighted by Gasteiger charge is 2.30. The van der Waals surface area contributed by atoms with E-state index in [9.17, 15) is 9.59 Å². The van der Waals surface area contributed by atoms with Gasteiger partial charge in [0.1, 0.15) is 5.56 Å². The Morgan fingerprint density at radius 2 is 2.20 bits per heavy atom. The van der Waals surface area contributed by atoms with E-state index in [4.69, 9.17) is 4.52 Å². The van der Waals surface area contributed by atoms with Gasteiger partial charge < -0.3 is 14.0 Å². The average Bonchev–Trinajstić information content (AvgIpc) is 3.37. The van der Waals surface area contributed by atoms with Crippen LogP contribution in [0.3, 0.4) is 0 Å². The van der Waals surface area contributed by atoms with E-state index in [2.05, 4.69) is 10.1 Å². The number of pyridine rings is 1. The Bertz CT molecular complexity index is 837. The van der Waals surface area contributed by atoms with Gasteiger partial charge in [0.2, 0.25) is 5.89 Å². The van der Waals surface area contributed by atoms with Crippen LogP contribution >= 0.6 is 0 Å². The van der Waals surface area contributed by atoms with E-state index in [1.807, 2.05) is 0 Å². The van der Waals surface area contributed by atoms with Crippen LogP contribution in [0.5, 0.6) is 0 Å². The lowest BCUT2D eigenvalue weighted by molar-refractivity contribution is 0.0665. The predicted molar refractivity (Wildman–Crippen MR) is 90.3 cm³/mol. The highest BCUT2D eigenvalue weighted by molar-refractivity contribution is 5.93. The lowest BCUT2D eigenvalue weighted by Gasteiger charge is -2.32. The number of hydrogen-bond acceptors (Lipinski definition) is 5. The molecule has 2 aromatic heterocycles. The van der Waals surface area contributed by atoms with Crippen LogP contribution in [-0.4, -0.2) is 38.6 Å². The summed E-state index contributed by atoms with van der Waals surface area (Å²) in [5.74, 6) is 2.08. The SMILES string of the molecule is Cn1cccc(C(=O)N2CCC[C@H](Cc3nc(C4CC4)no3)C2)c1=O. The van der Waals surface area contributed by atoms with Gasteiger partial charge in [-0.1, -0.05) is 5.16 Å². The summed E-state index contributed by atoms with van der Waals surface area (Å²) in [6.07, 6.45) is 6.60. The molecule has 1 saturated carbocycles. The summed E-state index contributed by atoms with van der Waals surface area (Å²) >= 11 is 0. The molecule has 2 fully saturated rings. The standard InChI is InChI=1S/C18H22N4O3/c1-21-8-3-5-14(17(21)23)18(24)22-9-2-4-12(11-22)10-15-19-16(20-25-15)13-6-7-13/h3,5,8,12-13H,2,4,6-7,9-11H2,1H3/t12-/m1/s1. The summed E-state index contributed by atoms with van der Waals surface area (Å²) in [6, 6.07) is 3.34. The second-order valence-corrected chi connectivity index (χ2v) is 7.12. The summed E-state index contributed by atoms with van der Waals surface area (Å²) in [5.41, 5.74) is -0.0138. The fraction of sp³-hybridized carbons (Fsp3) is 0.556.